The standard InChI is InChI=1S/C9H14N4O3/c1-12-5-6-13(9(16)8(12)15)4-2-3-7(14)11-10/h5-6H,2-4,10H2,1H3,(H,11,14). The first-order valence-electron chi connectivity index (χ1n) is 4.81. The first kappa shape index (κ1) is 12.2. The fourth-order valence-corrected chi connectivity index (χ4v) is 1.25. The number of hydrogen-bond donors (Lipinski definition) is 2. The molecule has 0 aromatic carbocycles. The lowest BCUT2D eigenvalue weighted by molar-refractivity contribution is -0.121. The first-order valence-corrected chi connectivity index (χ1v) is 4.81. The minimum Gasteiger partial charge on any atom is -0.312 e. The van der Waals surface area contributed by atoms with Crippen molar-refractivity contribution in [3.05, 3.63) is 33.1 Å². The van der Waals surface area contributed by atoms with Gasteiger partial charge in [0.15, 0.2) is 0 Å². The van der Waals surface area contributed by atoms with Crippen LogP contribution < -0.4 is 22.4 Å². The van der Waals surface area contributed by atoms with Gasteiger partial charge in [0.2, 0.25) is 5.91 Å². The van der Waals surface area contributed by atoms with E-state index in [2.05, 4.69) is 0 Å². The molecule has 0 aliphatic carbocycles. The maximum atomic E-state index is 11.4. The van der Waals surface area contributed by atoms with Gasteiger partial charge in [-0.1, -0.05) is 0 Å². The Labute approximate surface area is 91.5 Å². The van der Waals surface area contributed by atoms with Gasteiger partial charge in [-0.25, -0.2) is 5.84 Å². The molecule has 88 valence electrons. The molecule has 7 nitrogen and oxygen atoms in total. The van der Waals surface area contributed by atoms with Gasteiger partial charge in [0.25, 0.3) is 0 Å². The molecule has 0 aliphatic rings. The van der Waals surface area contributed by atoms with Crippen molar-refractivity contribution in [3.63, 3.8) is 0 Å². The van der Waals surface area contributed by atoms with Crippen LogP contribution in [-0.2, 0) is 18.4 Å². The Kier molecular flexibility index (Phi) is 4.01. The van der Waals surface area contributed by atoms with Crippen molar-refractivity contribution < 1.29 is 4.79 Å². The molecule has 3 N–H and O–H groups in total. The van der Waals surface area contributed by atoms with Gasteiger partial charge in [-0.15, -0.1) is 0 Å². The third kappa shape index (κ3) is 2.80. The van der Waals surface area contributed by atoms with Gasteiger partial charge in [-0.05, 0) is 6.42 Å². The van der Waals surface area contributed by atoms with Crippen molar-refractivity contribution in [2.24, 2.45) is 12.9 Å². The lowest BCUT2D eigenvalue weighted by Gasteiger charge is -2.05. The number of amides is 1. The van der Waals surface area contributed by atoms with Crippen LogP contribution in [0.3, 0.4) is 0 Å². The lowest BCUT2D eigenvalue weighted by Crippen LogP contribution is -2.39. The number of nitrogens with zero attached hydrogens (tertiary/aromatic N) is 2. The molecular formula is C9H14N4O3. The van der Waals surface area contributed by atoms with Crippen molar-refractivity contribution in [2.45, 2.75) is 19.4 Å². The molecule has 0 fully saturated rings. The van der Waals surface area contributed by atoms with E-state index in [1.54, 1.807) is 0 Å². The average Bonchev–Trinajstić information content (AvgIpc) is 2.29. The summed E-state index contributed by atoms with van der Waals surface area (Å²) >= 11 is 0. The van der Waals surface area contributed by atoms with E-state index >= 15 is 0 Å². The molecule has 1 aromatic rings. The second-order valence-electron chi connectivity index (χ2n) is 3.38. The van der Waals surface area contributed by atoms with E-state index in [-0.39, 0.29) is 12.3 Å². The van der Waals surface area contributed by atoms with Crippen molar-refractivity contribution in [3.8, 4) is 0 Å². The van der Waals surface area contributed by atoms with E-state index in [9.17, 15) is 14.4 Å². The summed E-state index contributed by atoms with van der Waals surface area (Å²) in [5.74, 6) is 4.61. The number of hydrazine groups is 1. The van der Waals surface area contributed by atoms with Crippen molar-refractivity contribution >= 4 is 5.91 Å². The highest BCUT2D eigenvalue weighted by Crippen LogP contribution is 1.91. The Balaban J connectivity index is 2.69. The SMILES string of the molecule is Cn1ccn(CCCC(=O)NN)c(=O)c1=O. The number of carbonyl (C=O) groups is 1. The van der Waals surface area contributed by atoms with Crippen LogP contribution in [0, 0.1) is 0 Å². The second-order valence-corrected chi connectivity index (χ2v) is 3.38. The minimum absolute atomic E-state index is 0.220. The highest BCUT2D eigenvalue weighted by Gasteiger charge is 2.03. The van der Waals surface area contributed by atoms with Crippen molar-refractivity contribution in [2.75, 3.05) is 0 Å². The summed E-state index contributed by atoms with van der Waals surface area (Å²) < 4.78 is 2.50. The minimum atomic E-state index is -0.585. The first-order chi connectivity index (χ1) is 7.56. The number of aromatic nitrogens is 2. The summed E-state index contributed by atoms with van der Waals surface area (Å²) in [6.07, 6.45) is 3.70. The second kappa shape index (κ2) is 5.26. The number of nitrogens with two attached hydrogens (primary N) is 1. The number of carbonyl (C=O) groups excluding carboxylic acids is 1. The fourth-order valence-electron chi connectivity index (χ4n) is 1.25. The van der Waals surface area contributed by atoms with Gasteiger partial charge in [0, 0.05) is 32.4 Å². The van der Waals surface area contributed by atoms with Gasteiger partial charge in [-0.2, -0.15) is 0 Å². The van der Waals surface area contributed by atoms with Crippen LogP contribution >= 0.6 is 0 Å². The van der Waals surface area contributed by atoms with Crippen LogP contribution in [-0.4, -0.2) is 15.0 Å². The smallest absolute Gasteiger partial charge is 0.312 e. The predicted octanol–water partition coefficient (Wildman–Crippen LogP) is -1.68. The molecule has 0 atom stereocenters. The van der Waals surface area contributed by atoms with Gasteiger partial charge in [-0.3, -0.25) is 19.8 Å². The average molecular weight is 226 g/mol. The molecule has 0 saturated heterocycles. The molecule has 7 heteroatoms. The van der Waals surface area contributed by atoms with E-state index in [0.29, 0.717) is 13.0 Å². The number of rotatable bonds is 4. The van der Waals surface area contributed by atoms with Crippen LogP contribution in [0.15, 0.2) is 22.0 Å². The number of nitrogens with one attached hydrogen (secondary N) is 1. The summed E-state index contributed by atoms with van der Waals surface area (Å²) in [5.41, 5.74) is 0.831. The zero-order valence-electron chi connectivity index (χ0n) is 8.97. The molecular weight excluding hydrogens is 212 g/mol. The van der Waals surface area contributed by atoms with Gasteiger partial charge in [0.1, 0.15) is 0 Å². The number of hydrogen-bond acceptors (Lipinski definition) is 4. The Bertz CT molecular complexity index is 488. The highest BCUT2D eigenvalue weighted by molar-refractivity contribution is 5.74. The predicted molar refractivity (Wildman–Crippen MR) is 57.5 cm³/mol. The molecule has 0 aliphatic heterocycles. The zero-order valence-corrected chi connectivity index (χ0v) is 8.97. The normalized spacial score (nSPS) is 10.1. The summed E-state index contributed by atoms with van der Waals surface area (Å²) in [4.78, 5) is 33.5. The van der Waals surface area contributed by atoms with Gasteiger partial charge >= 0.3 is 11.1 Å². The largest absolute Gasteiger partial charge is 0.316 e. The Hall–Kier alpha value is -1.89. The Morgan fingerprint density at radius 3 is 2.69 bits per heavy atom. The third-order valence-corrected chi connectivity index (χ3v) is 2.20. The van der Waals surface area contributed by atoms with E-state index in [1.807, 2.05) is 5.43 Å². The number of aryl methyl sites for hydroxylation is 2. The molecule has 0 spiro atoms. The third-order valence-electron chi connectivity index (χ3n) is 2.20. The van der Waals surface area contributed by atoms with Crippen LogP contribution in [0.2, 0.25) is 0 Å². The van der Waals surface area contributed by atoms with Crippen LogP contribution in [0.4, 0.5) is 0 Å². The summed E-state index contributed by atoms with van der Waals surface area (Å²) in [6.45, 7) is 0.322. The van der Waals surface area contributed by atoms with E-state index in [0.717, 1.165) is 0 Å². The summed E-state index contributed by atoms with van der Waals surface area (Å²) in [7, 11) is 1.51. The monoisotopic (exact) mass is 226 g/mol. The Morgan fingerprint density at radius 2 is 2.06 bits per heavy atom. The molecule has 16 heavy (non-hydrogen) atoms. The molecule has 1 amide bonds. The van der Waals surface area contributed by atoms with Crippen molar-refractivity contribution in [1.29, 1.82) is 0 Å². The topological polar surface area (TPSA) is 99.1 Å². The van der Waals surface area contributed by atoms with E-state index in [4.69, 9.17) is 5.84 Å². The molecule has 1 rings (SSSR count). The van der Waals surface area contributed by atoms with Crippen molar-refractivity contribution in [1.82, 2.24) is 14.6 Å². The molecule has 0 radical (unpaired) electrons. The van der Waals surface area contributed by atoms with Crippen LogP contribution in [0.5, 0.6) is 0 Å². The maximum absolute atomic E-state index is 11.4. The van der Waals surface area contributed by atoms with Crippen LogP contribution in [0.25, 0.3) is 0 Å². The molecule has 0 bridgehead atoms. The summed E-state index contributed by atoms with van der Waals surface area (Å²) in [5, 5.41) is 0. The zero-order chi connectivity index (χ0) is 12.1. The van der Waals surface area contributed by atoms with Gasteiger partial charge < -0.3 is 9.13 Å². The highest BCUT2D eigenvalue weighted by atomic mass is 16.2. The fraction of sp³-hybridized carbons (Fsp3) is 0.444. The molecule has 1 heterocycles. The molecule has 1 aromatic heterocycles. The molecule has 0 unspecified atom stereocenters. The van der Waals surface area contributed by atoms with Gasteiger partial charge in [0.05, 0.1) is 0 Å². The van der Waals surface area contributed by atoms with E-state index in [1.165, 1.54) is 28.6 Å². The quantitative estimate of drug-likeness (QED) is 0.277. The summed E-state index contributed by atoms with van der Waals surface area (Å²) in [6, 6.07) is 0. The molecule has 0 saturated carbocycles. The lowest BCUT2D eigenvalue weighted by atomic mass is 10.3. The van der Waals surface area contributed by atoms with E-state index < -0.39 is 11.1 Å². The Morgan fingerprint density at radius 1 is 1.38 bits per heavy atom. The van der Waals surface area contributed by atoms with Crippen LogP contribution in [0.1, 0.15) is 12.8 Å². The maximum Gasteiger partial charge on any atom is 0.316 e.